The first kappa shape index (κ1) is 24.1. The highest BCUT2D eigenvalue weighted by Crippen LogP contribution is 2.27. The number of amides is 1. The first-order chi connectivity index (χ1) is 15.5. The molecule has 1 amide bonds. The average Bonchev–Trinajstić information content (AvgIpc) is 2.73. The van der Waals surface area contributed by atoms with Gasteiger partial charge in [-0.3, -0.25) is 4.79 Å². The van der Waals surface area contributed by atoms with Crippen LogP contribution in [0.25, 0.3) is 0 Å². The normalized spacial score (nSPS) is 14.7. The van der Waals surface area contributed by atoms with E-state index in [0.29, 0.717) is 25.9 Å². The largest absolute Gasteiger partial charge is 0.494 e. The number of piperidine rings is 1. The van der Waals surface area contributed by atoms with Gasteiger partial charge in [0.2, 0.25) is 11.7 Å². The number of methoxy groups -OCH3 is 1. The van der Waals surface area contributed by atoms with Crippen LogP contribution in [0.15, 0.2) is 18.3 Å². The number of halogens is 2. The molecule has 2 aromatic rings. The van der Waals surface area contributed by atoms with Crippen molar-refractivity contribution in [2.45, 2.75) is 45.3 Å². The fraction of sp³-hybridized carbons (Fsp3) is 0.455. The number of ketones is 1. The maximum atomic E-state index is 14.5. The maximum Gasteiger partial charge on any atom is 0.410 e. The Kier molecular flexibility index (Phi) is 6.99. The van der Waals surface area contributed by atoms with Crippen LogP contribution in [-0.2, 0) is 4.74 Å². The molecule has 0 aliphatic carbocycles. The Bertz CT molecular complexity index is 1050. The van der Waals surface area contributed by atoms with Crippen LogP contribution in [0, 0.1) is 11.6 Å². The van der Waals surface area contributed by atoms with Gasteiger partial charge in [0, 0.05) is 25.3 Å². The van der Waals surface area contributed by atoms with Crippen LogP contribution in [0.3, 0.4) is 0 Å². The SMILES string of the molecule is COc1ccc(F)c(C(=O)c2cnc(NC3CCN(C(=O)OC(C)(C)C)CC3)nc2N)c1F. The summed E-state index contributed by atoms with van der Waals surface area (Å²) in [6.07, 6.45) is 2.02. The summed E-state index contributed by atoms with van der Waals surface area (Å²) < 4.78 is 38.8. The Labute approximate surface area is 190 Å². The Balaban J connectivity index is 1.67. The van der Waals surface area contributed by atoms with E-state index in [1.807, 2.05) is 20.8 Å². The number of hydrogen-bond donors (Lipinski definition) is 2. The molecule has 0 atom stereocenters. The minimum absolute atomic E-state index is 0.0297. The van der Waals surface area contributed by atoms with E-state index in [9.17, 15) is 18.4 Å². The van der Waals surface area contributed by atoms with Gasteiger partial charge >= 0.3 is 6.09 Å². The van der Waals surface area contributed by atoms with Gasteiger partial charge in [-0.1, -0.05) is 0 Å². The quantitative estimate of drug-likeness (QED) is 0.648. The molecular weight excluding hydrogens is 436 g/mol. The van der Waals surface area contributed by atoms with Gasteiger partial charge < -0.3 is 25.4 Å². The Morgan fingerprint density at radius 3 is 2.45 bits per heavy atom. The Morgan fingerprint density at radius 2 is 1.88 bits per heavy atom. The second-order valence-corrected chi connectivity index (χ2v) is 8.65. The van der Waals surface area contributed by atoms with Gasteiger partial charge in [-0.25, -0.2) is 18.6 Å². The van der Waals surface area contributed by atoms with E-state index < -0.39 is 28.6 Å². The third kappa shape index (κ3) is 5.65. The zero-order valence-electron chi connectivity index (χ0n) is 18.9. The van der Waals surface area contributed by atoms with Gasteiger partial charge in [-0.05, 0) is 45.7 Å². The second-order valence-electron chi connectivity index (χ2n) is 8.65. The first-order valence-electron chi connectivity index (χ1n) is 10.4. The number of hydrogen-bond acceptors (Lipinski definition) is 8. The van der Waals surface area contributed by atoms with Gasteiger partial charge in [-0.15, -0.1) is 0 Å². The van der Waals surface area contributed by atoms with Crippen LogP contribution >= 0.6 is 0 Å². The lowest BCUT2D eigenvalue weighted by molar-refractivity contribution is 0.0210. The summed E-state index contributed by atoms with van der Waals surface area (Å²) in [6, 6.07) is 1.99. The van der Waals surface area contributed by atoms with Gasteiger partial charge in [0.25, 0.3) is 0 Å². The van der Waals surface area contributed by atoms with Crippen LogP contribution in [0.2, 0.25) is 0 Å². The molecular formula is C22H27F2N5O4. The molecule has 1 aliphatic heterocycles. The number of nitrogen functional groups attached to an aromatic ring is 1. The van der Waals surface area contributed by atoms with Crippen LogP contribution < -0.4 is 15.8 Å². The molecule has 0 spiro atoms. The van der Waals surface area contributed by atoms with E-state index >= 15 is 0 Å². The molecule has 1 saturated heterocycles. The zero-order chi connectivity index (χ0) is 24.3. The molecule has 3 N–H and O–H groups in total. The smallest absolute Gasteiger partial charge is 0.410 e. The van der Waals surface area contributed by atoms with Crippen LogP contribution in [0.5, 0.6) is 5.75 Å². The van der Waals surface area contributed by atoms with Crippen molar-refractivity contribution in [1.29, 1.82) is 0 Å². The number of nitrogens with two attached hydrogens (primary N) is 1. The summed E-state index contributed by atoms with van der Waals surface area (Å²) in [5, 5.41) is 3.12. The summed E-state index contributed by atoms with van der Waals surface area (Å²) in [5.41, 5.74) is 4.31. The monoisotopic (exact) mass is 463 g/mol. The fourth-order valence-electron chi connectivity index (χ4n) is 3.39. The third-order valence-corrected chi connectivity index (χ3v) is 5.05. The van der Waals surface area contributed by atoms with Gasteiger partial charge in [0.1, 0.15) is 17.2 Å². The topological polar surface area (TPSA) is 120 Å². The number of nitrogens with zero attached hydrogens (tertiary/aromatic N) is 3. The van der Waals surface area contributed by atoms with Gasteiger partial charge in [0.05, 0.1) is 18.2 Å². The van der Waals surface area contributed by atoms with E-state index in [1.165, 1.54) is 7.11 Å². The van der Waals surface area contributed by atoms with Crippen molar-refractivity contribution in [3.05, 3.63) is 41.1 Å². The molecule has 1 fully saturated rings. The standard InChI is InChI=1S/C22H27F2N5O4/c1-22(2,3)33-21(31)29-9-7-12(8-10-29)27-20-26-11-13(19(25)28-20)18(30)16-14(23)5-6-15(32-4)17(16)24/h5-6,11-12H,7-10H2,1-4H3,(H3,25,26,27,28). The van der Waals surface area contributed by atoms with Crippen molar-refractivity contribution < 1.29 is 27.8 Å². The maximum absolute atomic E-state index is 14.5. The van der Waals surface area contributed by atoms with Crippen LogP contribution in [-0.4, -0.2) is 58.6 Å². The number of carbonyl (C=O) groups is 2. The number of benzene rings is 1. The number of carbonyl (C=O) groups excluding carboxylic acids is 2. The Morgan fingerprint density at radius 1 is 1.21 bits per heavy atom. The zero-order valence-corrected chi connectivity index (χ0v) is 18.9. The Hall–Kier alpha value is -3.50. The lowest BCUT2D eigenvalue weighted by atomic mass is 10.0. The van der Waals surface area contributed by atoms with E-state index in [-0.39, 0.29) is 35.2 Å². The molecule has 0 radical (unpaired) electrons. The molecule has 9 nitrogen and oxygen atoms in total. The number of anilines is 2. The molecule has 0 saturated carbocycles. The minimum Gasteiger partial charge on any atom is -0.494 e. The predicted molar refractivity (Wildman–Crippen MR) is 117 cm³/mol. The minimum atomic E-state index is -1.12. The molecule has 11 heteroatoms. The molecule has 0 unspecified atom stereocenters. The number of ether oxygens (including phenoxy) is 2. The highest BCUT2D eigenvalue weighted by molar-refractivity contribution is 6.12. The lowest BCUT2D eigenvalue weighted by Crippen LogP contribution is -2.44. The van der Waals surface area contributed by atoms with E-state index in [2.05, 4.69) is 15.3 Å². The third-order valence-electron chi connectivity index (χ3n) is 5.05. The van der Waals surface area contributed by atoms with Gasteiger partial charge in [0.15, 0.2) is 11.6 Å². The van der Waals surface area contributed by atoms with Crippen LogP contribution in [0.1, 0.15) is 49.5 Å². The summed E-state index contributed by atoms with van der Waals surface area (Å²) in [7, 11) is 1.21. The van der Waals surface area contributed by atoms with Crippen molar-refractivity contribution in [3.63, 3.8) is 0 Å². The molecule has 2 heterocycles. The second kappa shape index (κ2) is 9.55. The molecule has 1 aliphatic rings. The highest BCUT2D eigenvalue weighted by atomic mass is 19.1. The molecule has 33 heavy (non-hydrogen) atoms. The summed E-state index contributed by atoms with van der Waals surface area (Å²) >= 11 is 0. The van der Waals surface area contributed by atoms with Crippen molar-refractivity contribution in [2.24, 2.45) is 0 Å². The van der Waals surface area contributed by atoms with Crippen molar-refractivity contribution in [2.75, 3.05) is 31.2 Å². The highest BCUT2D eigenvalue weighted by Gasteiger charge is 2.28. The molecule has 1 aromatic carbocycles. The van der Waals surface area contributed by atoms with E-state index in [4.69, 9.17) is 15.2 Å². The van der Waals surface area contributed by atoms with E-state index in [0.717, 1.165) is 18.3 Å². The van der Waals surface area contributed by atoms with Gasteiger partial charge in [-0.2, -0.15) is 4.98 Å². The number of rotatable bonds is 5. The van der Waals surface area contributed by atoms with Crippen molar-refractivity contribution >= 4 is 23.6 Å². The first-order valence-corrected chi connectivity index (χ1v) is 10.4. The van der Waals surface area contributed by atoms with E-state index in [1.54, 1.807) is 4.90 Å². The lowest BCUT2D eigenvalue weighted by Gasteiger charge is -2.33. The number of likely N-dealkylation sites (tertiary alicyclic amines) is 1. The number of aromatic nitrogens is 2. The van der Waals surface area contributed by atoms with Crippen molar-refractivity contribution in [1.82, 2.24) is 14.9 Å². The molecule has 1 aromatic heterocycles. The molecule has 0 bridgehead atoms. The predicted octanol–water partition coefficient (Wildman–Crippen LogP) is 3.39. The summed E-state index contributed by atoms with van der Waals surface area (Å²) in [6.45, 7) is 6.42. The van der Waals surface area contributed by atoms with Crippen LogP contribution in [0.4, 0.5) is 25.3 Å². The molecule has 3 rings (SSSR count). The average molecular weight is 463 g/mol. The summed E-state index contributed by atoms with van der Waals surface area (Å²) in [4.78, 5) is 34.7. The number of nitrogens with one attached hydrogen (secondary N) is 1. The van der Waals surface area contributed by atoms with Crippen molar-refractivity contribution in [3.8, 4) is 5.75 Å². The molecule has 178 valence electrons. The fourth-order valence-corrected chi connectivity index (χ4v) is 3.39. The summed E-state index contributed by atoms with van der Waals surface area (Å²) in [5.74, 6) is -3.47.